The average Bonchev–Trinajstić information content (AvgIpc) is 2.46. The first kappa shape index (κ1) is 13.4. The maximum absolute atomic E-state index is 11.1. The monoisotopic (exact) mass is 259 g/mol. The number of hydrogen-bond acceptors (Lipinski definition) is 4. The third kappa shape index (κ3) is 3.46. The van der Waals surface area contributed by atoms with Crippen molar-refractivity contribution < 1.29 is 9.53 Å². The Morgan fingerprint density at radius 2 is 2.42 bits per heavy atom. The lowest BCUT2D eigenvalue weighted by molar-refractivity contribution is -0.122. The molecule has 0 spiro atoms. The predicted octanol–water partition coefficient (Wildman–Crippen LogP) is 0.935. The van der Waals surface area contributed by atoms with Gasteiger partial charge >= 0.3 is 0 Å². The van der Waals surface area contributed by atoms with E-state index < -0.39 is 0 Å². The second-order valence-electron chi connectivity index (χ2n) is 4.57. The molecular weight excluding hydrogens is 242 g/mol. The molecule has 0 aromatic heterocycles. The molecule has 1 atom stereocenters. The Kier molecular flexibility index (Phi) is 4.37. The quantitative estimate of drug-likeness (QED) is 0.843. The fourth-order valence-corrected chi connectivity index (χ4v) is 2.11. The lowest BCUT2D eigenvalue weighted by atomic mass is 10.1. The molecule has 19 heavy (non-hydrogen) atoms. The minimum absolute atomic E-state index is 0.123. The van der Waals surface area contributed by atoms with Crippen LogP contribution < -0.4 is 15.4 Å². The minimum atomic E-state index is 0.123. The molecule has 1 aliphatic heterocycles. The summed E-state index contributed by atoms with van der Waals surface area (Å²) in [7, 11) is 1.56. The molecular formula is C14H17N3O2. The Morgan fingerprint density at radius 3 is 3.05 bits per heavy atom. The van der Waals surface area contributed by atoms with E-state index in [1.807, 2.05) is 12.1 Å². The van der Waals surface area contributed by atoms with E-state index >= 15 is 0 Å². The molecule has 1 aliphatic rings. The van der Waals surface area contributed by atoms with Crippen LogP contribution in [-0.4, -0.2) is 25.6 Å². The summed E-state index contributed by atoms with van der Waals surface area (Å²) in [6.07, 6.45) is 1.44. The zero-order valence-electron chi connectivity index (χ0n) is 10.9. The summed E-state index contributed by atoms with van der Waals surface area (Å²) in [5, 5.41) is 15.1. The van der Waals surface area contributed by atoms with Crippen LogP contribution in [0.25, 0.3) is 0 Å². The average molecular weight is 259 g/mol. The number of rotatable bonds is 4. The second kappa shape index (κ2) is 6.21. The lowest BCUT2D eigenvalue weighted by Gasteiger charge is -2.23. The molecule has 1 unspecified atom stereocenters. The molecule has 0 bridgehead atoms. The predicted molar refractivity (Wildman–Crippen MR) is 70.6 cm³/mol. The van der Waals surface area contributed by atoms with Gasteiger partial charge in [-0.2, -0.15) is 5.26 Å². The van der Waals surface area contributed by atoms with E-state index in [-0.39, 0.29) is 5.91 Å². The molecule has 1 fully saturated rings. The van der Waals surface area contributed by atoms with Gasteiger partial charge in [-0.15, -0.1) is 0 Å². The van der Waals surface area contributed by atoms with E-state index in [9.17, 15) is 4.79 Å². The molecule has 0 saturated carbocycles. The van der Waals surface area contributed by atoms with Crippen LogP contribution >= 0.6 is 0 Å². The summed E-state index contributed by atoms with van der Waals surface area (Å²) in [5.41, 5.74) is 1.60. The molecule has 0 radical (unpaired) electrons. The van der Waals surface area contributed by atoms with Crippen LogP contribution in [-0.2, 0) is 11.3 Å². The molecule has 1 amide bonds. The first-order valence-electron chi connectivity index (χ1n) is 6.30. The molecule has 1 saturated heterocycles. The maximum Gasteiger partial charge on any atom is 0.220 e. The third-order valence-electron chi connectivity index (χ3n) is 3.25. The van der Waals surface area contributed by atoms with E-state index in [0.717, 1.165) is 12.0 Å². The number of ether oxygens (including phenoxy) is 1. The van der Waals surface area contributed by atoms with Gasteiger partial charge in [-0.05, 0) is 24.1 Å². The Labute approximate surface area is 112 Å². The summed E-state index contributed by atoms with van der Waals surface area (Å²) in [6, 6.07) is 7.94. The van der Waals surface area contributed by atoms with Crippen LogP contribution in [0.1, 0.15) is 24.0 Å². The summed E-state index contributed by atoms with van der Waals surface area (Å²) in [5.74, 6) is 0.719. The first-order chi connectivity index (χ1) is 9.22. The number of carbonyl (C=O) groups excluding carboxylic acids is 1. The highest BCUT2D eigenvalue weighted by Crippen LogP contribution is 2.19. The van der Waals surface area contributed by atoms with Crippen LogP contribution in [0.15, 0.2) is 18.2 Å². The molecule has 0 aliphatic carbocycles. The fourth-order valence-electron chi connectivity index (χ4n) is 2.11. The van der Waals surface area contributed by atoms with Crippen molar-refractivity contribution in [3.63, 3.8) is 0 Å². The zero-order chi connectivity index (χ0) is 13.7. The number of nitrogens with zero attached hydrogens (tertiary/aromatic N) is 1. The van der Waals surface area contributed by atoms with E-state index in [1.54, 1.807) is 13.2 Å². The number of carbonyl (C=O) groups is 1. The maximum atomic E-state index is 11.1. The van der Waals surface area contributed by atoms with Crippen LogP contribution in [0.5, 0.6) is 5.75 Å². The van der Waals surface area contributed by atoms with Gasteiger partial charge < -0.3 is 15.4 Å². The first-order valence-corrected chi connectivity index (χ1v) is 6.30. The molecule has 2 rings (SSSR count). The third-order valence-corrected chi connectivity index (χ3v) is 3.25. The Balaban J connectivity index is 1.93. The number of hydrogen-bond donors (Lipinski definition) is 2. The molecule has 5 nitrogen and oxygen atoms in total. The van der Waals surface area contributed by atoms with Gasteiger partial charge in [0.05, 0.1) is 12.7 Å². The van der Waals surface area contributed by atoms with Gasteiger partial charge in [0.2, 0.25) is 5.91 Å². The Morgan fingerprint density at radius 1 is 1.58 bits per heavy atom. The molecule has 2 N–H and O–H groups in total. The second-order valence-corrected chi connectivity index (χ2v) is 4.57. The van der Waals surface area contributed by atoms with Gasteiger partial charge in [0, 0.05) is 25.6 Å². The lowest BCUT2D eigenvalue weighted by Crippen LogP contribution is -2.45. The standard InChI is InChI=1S/C14H17N3O2/c1-19-13-6-10(2-3-11(13)7-15)8-16-12-4-5-14(18)17-9-12/h2-3,6,12,16H,4-5,8-9H2,1H3,(H,17,18). The summed E-state index contributed by atoms with van der Waals surface area (Å²) in [6.45, 7) is 1.37. The van der Waals surface area contributed by atoms with Crippen molar-refractivity contribution in [1.29, 1.82) is 5.26 Å². The number of methoxy groups -OCH3 is 1. The van der Waals surface area contributed by atoms with Crippen molar-refractivity contribution in [2.45, 2.75) is 25.4 Å². The summed E-state index contributed by atoms with van der Waals surface area (Å²) >= 11 is 0. The fraction of sp³-hybridized carbons (Fsp3) is 0.429. The van der Waals surface area contributed by atoms with Crippen LogP contribution in [0.4, 0.5) is 0 Å². The van der Waals surface area contributed by atoms with Gasteiger partial charge in [0.1, 0.15) is 11.8 Å². The smallest absolute Gasteiger partial charge is 0.220 e. The van der Waals surface area contributed by atoms with Gasteiger partial charge in [-0.3, -0.25) is 4.79 Å². The van der Waals surface area contributed by atoms with Crippen molar-refractivity contribution in [2.24, 2.45) is 0 Å². The normalized spacial score (nSPS) is 18.5. The van der Waals surface area contributed by atoms with E-state index in [0.29, 0.717) is 36.9 Å². The number of benzene rings is 1. The Bertz CT molecular complexity index is 498. The molecule has 1 aromatic carbocycles. The van der Waals surface area contributed by atoms with Crippen molar-refractivity contribution in [3.05, 3.63) is 29.3 Å². The van der Waals surface area contributed by atoms with Crippen LogP contribution in [0.2, 0.25) is 0 Å². The van der Waals surface area contributed by atoms with E-state index in [1.165, 1.54) is 0 Å². The van der Waals surface area contributed by atoms with Crippen molar-refractivity contribution in [2.75, 3.05) is 13.7 Å². The van der Waals surface area contributed by atoms with Gasteiger partial charge in [0.25, 0.3) is 0 Å². The van der Waals surface area contributed by atoms with Crippen LogP contribution in [0.3, 0.4) is 0 Å². The van der Waals surface area contributed by atoms with E-state index in [4.69, 9.17) is 10.00 Å². The number of nitrogens with one attached hydrogen (secondary N) is 2. The van der Waals surface area contributed by atoms with Crippen molar-refractivity contribution in [1.82, 2.24) is 10.6 Å². The van der Waals surface area contributed by atoms with Gasteiger partial charge in [-0.1, -0.05) is 6.07 Å². The minimum Gasteiger partial charge on any atom is -0.495 e. The van der Waals surface area contributed by atoms with Gasteiger partial charge in [-0.25, -0.2) is 0 Å². The van der Waals surface area contributed by atoms with Crippen molar-refractivity contribution >= 4 is 5.91 Å². The number of nitriles is 1. The van der Waals surface area contributed by atoms with Gasteiger partial charge in [0.15, 0.2) is 0 Å². The zero-order valence-corrected chi connectivity index (χ0v) is 10.9. The highest BCUT2D eigenvalue weighted by molar-refractivity contribution is 5.76. The molecule has 1 heterocycles. The topological polar surface area (TPSA) is 74.2 Å². The molecule has 100 valence electrons. The summed E-state index contributed by atoms with van der Waals surface area (Å²) in [4.78, 5) is 11.1. The number of amides is 1. The van der Waals surface area contributed by atoms with E-state index in [2.05, 4.69) is 16.7 Å². The highest BCUT2D eigenvalue weighted by atomic mass is 16.5. The largest absolute Gasteiger partial charge is 0.495 e. The summed E-state index contributed by atoms with van der Waals surface area (Å²) < 4.78 is 5.18. The van der Waals surface area contributed by atoms with Crippen LogP contribution in [0, 0.1) is 11.3 Å². The Hall–Kier alpha value is -2.06. The highest BCUT2D eigenvalue weighted by Gasteiger charge is 2.17. The molecule has 1 aromatic rings. The van der Waals surface area contributed by atoms with Crippen molar-refractivity contribution in [3.8, 4) is 11.8 Å². The SMILES string of the molecule is COc1cc(CNC2CCC(=O)NC2)ccc1C#N. The molecule has 5 heteroatoms. The number of piperidine rings is 1.